The highest BCUT2D eigenvalue weighted by atomic mass is 19.1. The third-order valence-electron chi connectivity index (χ3n) is 7.98. The molecule has 1 saturated carbocycles. The third-order valence-corrected chi connectivity index (χ3v) is 7.98. The molecule has 8 nitrogen and oxygen atoms in total. The van der Waals surface area contributed by atoms with Crippen LogP contribution in [0.3, 0.4) is 0 Å². The minimum Gasteiger partial charge on any atom is -0.392 e. The number of carbonyl (C=O) groups excluding carboxylic acids is 1. The molecule has 1 fully saturated rings. The lowest BCUT2D eigenvalue weighted by Gasteiger charge is -2.23. The van der Waals surface area contributed by atoms with E-state index in [2.05, 4.69) is 29.0 Å². The summed E-state index contributed by atoms with van der Waals surface area (Å²) < 4.78 is 15.9. The number of carbonyl (C=O) groups is 1. The minimum absolute atomic E-state index is 0.199. The van der Waals surface area contributed by atoms with E-state index >= 15 is 0 Å². The van der Waals surface area contributed by atoms with Crippen LogP contribution in [0.15, 0.2) is 77.9 Å². The highest BCUT2D eigenvalue weighted by molar-refractivity contribution is 6.05. The van der Waals surface area contributed by atoms with Crippen molar-refractivity contribution in [2.75, 3.05) is 35.3 Å². The number of benzene rings is 2. The zero-order valence-electron chi connectivity index (χ0n) is 24.4. The predicted molar refractivity (Wildman–Crippen MR) is 165 cm³/mol. The van der Waals surface area contributed by atoms with Gasteiger partial charge in [0.25, 0.3) is 11.5 Å². The zero-order chi connectivity index (χ0) is 30.0. The Bertz CT molecular complexity index is 1640. The van der Waals surface area contributed by atoms with Gasteiger partial charge in [0.1, 0.15) is 17.2 Å². The van der Waals surface area contributed by atoms with Crippen LogP contribution in [0.4, 0.5) is 27.3 Å². The van der Waals surface area contributed by atoms with Crippen LogP contribution < -0.4 is 20.7 Å². The van der Waals surface area contributed by atoms with Gasteiger partial charge >= 0.3 is 0 Å². The maximum atomic E-state index is 14.4. The third kappa shape index (κ3) is 5.65. The Morgan fingerprint density at radius 3 is 2.40 bits per heavy atom. The van der Waals surface area contributed by atoms with E-state index in [0.717, 1.165) is 18.8 Å². The second-order valence-corrected chi connectivity index (χ2v) is 10.6. The van der Waals surface area contributed by atoms with Crippen molar-refractivity contribution in [3.63, 3.8) is 0 Å². The van der Waals surface area contributed by atoms with Crippen molar-refractivity contribution < 1.29 is 14.3 Å². The standard InChI is InChI=1S/C33H36FN5O3/c1-5-39(6-2)25-14-15-30(35-19-25)38(4)29-18-23(20-37(3)32(29)42)26-8-7-9-28(27(26)21-40)36-31(41)22-10-12-24(13-11-22)33(34)16-17-33/h7-15,18-20,40H,5-6,16-17,21H2,1-4H3,(H,36,41). The Balaban J connectivity index is 1.44. The number of aryl methyl sites for hydroxylation is 1. The lowest BCUT2D eigenvalue weighted by atomic mass is 9.99. The number of anilines is 4. The fraction of sp³-hybridized carbons (Fsp3) is 0.303. The van der Waals surface area contributed by atoms with Crippen LogP contribution in [-0.4, -0.2) is 40.7 Å². The molecule has 0 aliphatic heterocycles. The van der Waals surface area contributed by atoms with Gasteiger partial charge in [0.05, 0.1) is 18.5 Å². The molecule has 0 saturated heterocycles. The molecule has 0 atom stereocenters. The average molecular weight is 570 g/mol. The summed E-state index contributed by atoms with van der Waals surface area (Å²) in [7, 11) is 3.47. The van der Waals surface area contributed by atoms with Crippen molar-refractivity contribution in [1.82, 2.24) is 9.55 Å². The van der Waals surface area contributed by atoms with Crippen molar-refractivity contribution >= 4 is 28.8 Å². The zero-order valence-corrected chi connectivity index (χ0v) is 24.4. The van der Waals surface area contributed by atoms with Crippen LogP contribution in [0.5, 0.6) is 0 Å². The van der Waals surface area contributed by atoms with E-state index in [1.807, 2.05) is 18.2 Å². The van der Waals surface area contributed by atoms with E-state index < -0.39 is 5.67 Å². The summed E-state index contributed by atoms with van der Waals surface area (Å²) in [6.07, 6.45) is 4.53. The lowest BCUT2D eigenvalue weighted by molar-refractivity contribution is 0.102. The van der Waals surface area contributed by atoms with Crippen LogP contribution in [0.2, 0.25) is 0 Å². The molecule has 5 rings (SSSR count). The smallest absolute Gasteiger partial charge is 0.274 e. The number of pyridine rings is 2. The quantitative estimate of drug-likeness (QED) is 0.252. The van der Waals surface area contributed by atoms with Crippen LogP contribution in [0.25, 0.3) is 11.1 Å². The fourth-order valence-corrected chi connectivity index (χ4v) is 5.22. The summed E-state index contributed by atoms with van der Waals surface area (Å²) in [5.41, 5.74) is 3.27. The molecule has 9 heteroatoms. The van der Waals surface area contributed by atoms with Crippen molar-refractivity contribution in [3.05, 3.63) is 100 Å². The monoisotopic (exact) mass is 569 g/mol. The maximum absolute atomic E-state index is 14.4. The molecule has 1 amide bonds. The normalized spacial score (nSPS) is 13.5. The number of nitrogens with one attached hydrogen (secondary N) is 1. The molecular weight excluding hydrogens is 533 g/mol. The Morgan fingerprint density at radius 1 is 1.10 bits per heavy atom. The number of halogens is 1. The van der Waals surface area contributed by atoms with Gasteiger partial charge in [-0.1, -0.05) is 24.3 Å². The molecule has 0 bridgehead atoms. The number of alkyl halides is 1. The second-order valence-electron chi connectivity index (χ2n) is 10.6. The maximum Gasteiger partial charge on any atom is 0.274 e. The largest absolute Gasteiger partial charge is 0.392 e. The summed E-state index contributed by atoms with van der Waals surface area (Å²) >= 11 is 0. The Morgan fingerprint density at radius 2 is 1.81 bits per heavy atom. The number of aliphatic hydroxyl groups is 1. The van der Waals surface area contributed by atoms with Crippen molar-refractivity contribution in [3.8, 4) is 11.1 Å². The number of hydrogen-bond acceptors (Lipinski definition) is 6. The molecule has 2 aromatic carbocycles. The lowest BCUT2D eigenvalue weighted by Crippen LogP contribution is -2.26. The molecule has 42 heavy (non-hydrogen) atoms. The van der Waals surface area contributed by atoms with Gasteiger partial charge < -0.3 is 24.8 Å². The first kappa shape index (κ1) is 29.0. The van der Waals surface area contributed by atoms with Crippen LogP contribution in [-0.2, 0) is 19.3 Å². The minimum atomic E-state index is -1.26. The summed E-state index contributed by atoms with van der Waals surface area (Å²) in [6, 6.07) is 17.5. The van der Waals surface area contributed by atoms with Gasteiger partial charge in [-0.3, -0.25) is 9.59 Å². The van der Waals surface area contributed by atoms with Gasteiger partial charge in [-0.15, -0.1) is 0 Å². The fourth-order valence-electron chi connectivity index (χ4n) is 5.22. The Kier molecular flexibility index (Phi) is 8.13. The first-order valence-electron chi connectivity index (χ1n) is 14.2. The first-order valence-corrected chi connectivity index (χ1v) is 14.2. The van der Waals surface area contributed by atoms with Gasteiger partial charge in [0.2, 0.25) is 0 Å². The molecule has 218 valence electrons. The highest BCUT2D eigenvalue weighted by Crippen LogP contribution is 2.49. The highest BCUT2D eigenvalue weighted by Gasteiger charge is 2.44. The number of aliphatic hydroxyl groups excluding tert-OH is 1. The van der Waals surface area contributed by atoms with E-state index in [-0.39, 0.29) is 18.1 Å². The second kappa shape index (κ2) is 11.8. The van der Waals surface area contributed by atoms with Gasteiger partial charge in [-0.25, -0.2) is 9.37 Å². The molecule has 2 N–H and O–H groups in total. The number of amides is 1. The molecular formula is C33H36FN5O3. The summed E-state index contributed by atoms with van der Waals surface area (Å²) in [5.74, 6) is 0.257. The molecule has 0 spiro atoms. The Labute approximate surface area is 245 Å². The van der Waals surface area contributed by atoms with Gasteiger partial charge in [-0.2, -0.15) is 0 Å². The summed E-state index contributed by atoms with van der Waals surface area (Å²) in [6.45, 7) is 5.59. The van der Waals surface area contributed by atoms with Crippen molar-refractivity contribution in [2.24, 2.45) is 7.05 Å². The number of aromatic nitrogens is 2. The van der Waals surface area contributed by atoms with E-state index in [4.69, 9.17) is 0 Å². The molecule has 2 aromatic heterocycles. The van der Waals surface area contributed by atoms with Crippen molar-refractivity contribution in [1.29, 1.82) is 0 Å². The van der Waals surface area contributed by atoms with E-state index in [1.165, 1.54) is 4.57 Å². The SMILES string of the molecule is CCN(CC)c1ccc(N(C)c2cc(-c3cccc(NC(=O)c4ccc(C5(F)CC5)cc4)c3CO)cn(C)c2=O)nc1. The molecule has 4 aromatic rings. The first-order chi connectivity index (χ1) is 20.2. The predicted octanol–water partition coefficient (Wildman–Crippen LogP) is 5.76. The van der Waals surface area contributed by atoms with Crippen LogP contribution in [0.1, 0.15) is 48.2 Å². The van der Waals surface area contributed by atoms with Crippen LogP contribution >= 0.6 is 0 Å². The van der Waals surface area contributed by atoms with Crippen LogP contribution in [0, 0.1) is 0 Å². The Hall–Kier alpha value is -4.50. The van der Waals surface area contributed by atoms with Gasteiger partial charge in [-0.05, 0) is 74.2 Å². The van der Waals surface area contributed by atoms with Gasteiger partial charge in [0, 0.05) is 55.8 Å². The van der Waals surface area contributed by atoms with E-state index in [9.17, 15) is 19.1 Å². The average Bonchev–Trinajstić information content (AvgIpc) is 3.77. The van der Waals surface area contributed by atoms with E-state index in [1.54, 1.807) is 73.9 Å². The number of hydrogen-bond donors (Lipinski definition) is 2. The molecule has 2 heterocycles. The molecule has 0 radical (unpaired) electrons. The summed E-state index contributed by atoms with van der Waals surface area (Å²) in [4.78, 5) is 34.8. The molecule has 0 unspecified atom stereocenters. The molecule has 1 aliphatic carbocycles. The summed E-state index contributed by atoms with van der Waals surface area (Å²) in [5, 5.41) is 13.3. The van der Waals surface area contributed by atoms with Crippen molar-refractivity contribution in [2.45, 2.75) is 39.0 Å². The number of nitrogens with zero attached hydrogens (tertiary/aromatic N) is 4. The number of rotatable bonds is 10. The molecule has 1 aliphatic rings. The topological polar surface area (TPSA) is 90.7 Å². The van der Waals surface area contributed by atoms with Gasteiger partial charge in [0.15, 0.2) is 0 Å². The van der Waals surface area contributed by atoms with E-state index in [0.29, 0.717) is 57.9 Å².